The summed E-state index contributed by atoms with van der Waals surface area (Å²) in [6, 6.07) is 8.43. The topological polar surface area (TPSA) is 121 Å². The lowest BCUT2D eigenvalue weighted by Gasteiger charge is -2.12. The third-order valence-corrected chi connectivity index (χ3v) is 5.33. The van der Waals surface area contributed by atoms with Gasteiger partial charge < -0.3 is 15.3 Å². The molecule has 0 saturated heterocycles. The lowest BCUT2D eigenvalue weighted by atomic mass is 9.96. The zero-order valence-electron chi connectivity index (χ0n) is 17.5. The highest BCUT2D eigenvalue weighted by Crippen LogP contribution is 2.47. The minimum atomic E-state index is -1.23. The molecule has 0 fully saturated rings. The third-order valence-electron chi connectivity index (χ3n) is 5.33. The summed E-state index contributed by atoms with van der Waals surface area (Å²) in [5.41, 5.74) is 3.40. The van der Waals surface area contributed by atoms with Crippen LogP contribution in [0.1, 0.15) is 29.8 Å². The van der Waals surface area contributed by atoms with Gasteiger partial charge in [0.2, 0.25) is 0 Å². The fraction of sp³-hybridized carbons (Fsp3) is 0.217. The van der Waals surface area contributed by atoms with Crippen LogP contribution < -0.4 is 0 Å². The van der Waals surface area contributed by atoms with E-state index in [0.717, 1.165) is 0 Å². The zero-order chi connectivity index (χ0) is 23.7. The summed E-state index contributed by atoms with van der Waals surface area (Å²) in [6.07, 6.45) is -0.111. The minimum absolute atomic E-state index is 0.188. The number of halogens is 2. The largest absolute Gasteiger partial charge is 0.481 e. The van der Waals surface area contributed by atoms with Gasteiger partial charge in [-0.3, -0.25) is 4.79 Å². The molecule has 2 atom stereocenters. The number of tetrazole rings is 1. The van der Waals surface area contributed by atoms with Crippen molar-refractivity contribution in [2.45, 2.75) is 25.0 Å². The second-order valence-electron chi connectivity index (χ2n) is 7.71. The molecule has 2 unspecified atom stereocenters. The number of nitrogens with zero attached hydrogens (tertiary/aromatic N) is 4. The number of benzene rings is 2. The Morgan fingerprint density at radius 1 is 1.06 bits per heavy atom. The number of aliphatic hydroxyl groups is 2. The number of allylic oxidation sites excluding steroid dienone is 2. The van der Waals surface area contributed by atoms with Crippen molar-refractivity contribution in [2.24, 2.45) is 7.05 Å². The molecular formula is C23H20F2N4O4. The number of aliphatic carboxylic acids is 1. The van der Waals surface area contributed by atoms with Gasteiger partial charge in [0.1, 0.15) is 11.6 Å². The number of carboxylic acid groups (broad SMARTS) is 1. The summed E-state index contributed by atoms with van der Waals surface area (Å²) in [6.45, 7) is 0. The summed E-state index contributed by atoms with van der Waals surface area (Å²) in [4.78, 5) is 10.8. The van der Waals surface area contributed by atoms with E-state index in [9.17, 15) is 23.8 Å². The molecule has 3 N–H and O–H groups in total. The number of hydrogen-bond acceptors (Lipinski definition) is 6. The number of carboxylic acids is 1. The zero-order valence-corrected chi connectivity index (χ0v) is 17.5. The van der Waals surface area contributed by atoms with Gasteiger partial charge in [-0.15, -0.1) is 5.10 Å². The van der Waals surface area contributed by atoms with Crippen molar-refractivity contribution in [1.29, 1.82) is 0 Å². The third kappa shape index (κ3) is 4.57. The van der Waals surface area contributed by atoms with Crippen LogP contribution >= 0.6 is 0 Å². The van der Waals surface area contributed by atoms with Crippen molar-refractivity contribution in [3.05, 3.63) is 77.1 Å². The maximum absolute atomic E-state index is 14.0. The molecule has 3 aromatic rings. The number of fused-ring (bicyclic) bond motifs is 3. The normalized spacial score (nSPS) is 14.3. The molecule has 0 amide bonds. The molecule has 0 saturated carbocycles. The Balaban J connectivity index is 1.86. The van der Waals surface area contributed by atoms with E-state index in [2.05, 4.69) is 15.5 Å². The number of hydrogen-bond donors (Lipinski definition) is 3. The average Bonchev–Trinajstić information content (AvgIpc) is 3.29. The Bertz CT molecular complexity index is 1230. The average molecular weight is 454 g/mol. The molecule has 0 bridgehead atoms. The predicted molar refractivity (Wildman–Crippen MR) is 115 cm³/mol. The molecule has 0 aliphatic heterocycles. The first-order valence-corrected chi connectivity index (χ1v) is 10.1. The molecular weight excluding hydrogens is 434 g/mol. The minimum Gasteiger partial charge on any atom is -0.481 e. The Hall–Kier alpha value is -3.76. The molecule has 10 heteroatoms. The van der Waals surface area contributed by atoms with Crippen molar-refractivity contribution in [1.82, 2.24) is 20.2 Å². The van der Waals surface area contributed by atoms with Crippen molar-refractivity contribution >= 4 is 17.1 Å². The van der Waals surface area contributed by atoms with Crippen LogP contribution in [-0.4, -0.2) is 53.7 Å². The number of carbonyl (C=O) groups is 1. The van der Waals surface area contributed by atoms with Gasteiger partial charge in [0.15, 0.2) is 5.82 Å². The van der Waals surface area contributed by atoms with Crippen LogP contribution in [0.5, 0.6) is 0 Å². The lowest BCUT2D eigenvalue weighted by Crippen LogP contribution is -2.19. The van der Waals surface area contributed by atoms with Gasteiger partial charge in [0.05, 0.1) is 18.6 Å². The van der Waals surface area contributed by atoms with Gasteiger partial charge in [0, 0.05) is 24.6 Å². The van der Waals surface area contributed by atoms with Crippen LogP contribution in [0.4, 0.5) is 8.78 Å². The van der Waals surface area contributed by atoms with Gasteiger partial charge in [0.25, 0.3) is 0 Å². The van der Waals surface area contributed by atoms with Crippen LogP contribution in [0.15, 0.2) is 48.6 Å². The molecule has 1 aliphatic rings. The van der Waals surface area contributed by atoms with Crippen molar-refractivity contribution < 1.29 is 28.9 Å². The molecule has 1 heterocycles. The molecule has 8 nitrogen and oxygen atoms in total. The molecule has 1 aromatic heterocycles. The fourth-order valence-electron chi connectivity index (χ4n) is 3.93. The van der Waals surface area contributed by atoms with Crippen LogP contribution in [-0.2, 0) is 11.8 Å². The SMILES string of the molecule is Cn1nnnc1C(/C=C/C(O)CC(O)CC(=O)O)=C1c2ccc(F)cc2-c2cc(F)ccc21. The van der Waals surface area contributed by atoms with E-state index in [0.29, 0.717) is 39.2 Å². The summed E-state index contributed by atoms with van der Waals surface area (Å²) in [5.74, 6) is -1.77. The molecule has 4 rings (SSSR count). The highest BCUT2D eigenvalue weighted by molar-refractivity contribution is 6.11. The Kier molecular flexibility index (Phi) is 6.12. The molecule has 33 heavy (non-hydrogen) atoms. The van der Waals surface area contributed by atoms with Gasteiger partial charge in [-0.25, -0.2) is 13.5 Å². The van der Waals surface area contributed by atoms with Crippen molar-refractivity contribution in [3.63, 3.8) is 0 Å². The number of aliphatic hydroxyl groups excluding tert-OH is 2. The molecule has 0 radical (unpaired) electrons. The Labute approximate surface area is 187 Å². The van der Waals surface area contributed by atoms with E-state index in [1.165, 1.54) is 35.0 Å². The van der Waals surface area contributed by atoms with E-state index in [4.69, 9.17) is 5.11 Å². The molecule has 170 valence electrons. The smallest absolute Gasteiger partial charge is 0.305 e. The monoisotopic (exact) mass is 454 g/mol. The highest BCUT2D eigenvalue weighted by Gasteiger charge is 2.28. The van der Waals surface area contributed by atoms with Gasteiger partial charge >= 0.3 is 5.97 Å². The summed E-state index contributed by atoms with van der Waals surface area (Å²) < 4.78 is 29.5. The predicted octanol–water partition coefficient (Wildman–Crippen LogP) is 2.57. The summed E-state index contributed by atoms with van der Waals surface area (Å²) >= 11 is 0. The van der Waals surface area contributed by atoms with Crippen LogP contribution in [0.3, 0.4) is 0 Å². The first kappa shape index (κ1) is 22.4. The van der Waals surface area contributed by atoms with Crippen molar-refractivity contribution in [3.8, 4) is 11.1 Å². The number of aryl methyl sites for hydroxylation is 1. The standard InChI is InChI=1S/C23H20F2N4O4/c1-29-23(26-27-28-29)18(7-4-14(30)10-15(31)11-21(32)33)22-16-5-2-12(24)8-19(16)20-9-13(25)3-6-17(20)22/h2-9,14-15,30-31H,10-11H2,1H3,(H,32,33)/b7-4+. The quantitative estimate of drug-likeness (QED) is 0.392. The maximum atomic E-state index is 14.0. The molecule has 2 aromatic carbocycles. The Morgan fingerprint density at radius 3 is 2.18 bits per heavy atom. The summed E-state index contributed by atoms with van der Waals surface area (Å²) in [7, 11) is 1.63. The first-order chi connectivity index (χ1) is 15.7. The van der Waals surface area contributed by atoms with E-state index in [-0.39, 0.29) is 6.42 Å². The van der Waals surface area contributed by atoms with E-state index < -0.39 is 36.2 Å². The maximum Gasteiger partial charge on any atom is 0.305 e. The van der Waals surface area contributed by atoms with Crippen LogP contribution in [0, 0.1) is 11.6 Å². The van der Waals surface area contributed by atoms with Crippen molar-refractivity contribution in [2.75, 3.05) is 0 Å². The Morgan fingerprint density at radius 2 is 1.67 bits per heavy atom. The van der Waals surface area contributed by atoms with E-state index >= 15 is 0 Å². The van der Waals surface area contributed by atoms with E-state index in [1.807, 2.05) is 0 Å². The van der Waals surface area contributed by atoms with Crippen LogP contribution in [0.2, 0.25) is 0 Å². The second kappa shape index (κ2) is 9.00. The van der Waals surface area contributed by atoms with Crippen LogP contribution in [0.25, 0.3) is 22.3 Å². The van der Waals surface area contributed by atoms with E-state index in [1.54, 1.807) is 25.3 Å². The second-order valence-corrected chi connectivity index (χ2v) is 7.71. The number of aromatic nitrogens is 4. The highest BCUT2D eigenvalue weighted by atomic mass is 19.1. The van der Waals surface area contributed by atoms with Gasteiger partial charge in [-0.2, -0.15) is 0 Å². The lowest BCUT2D eigenvalue weighted by molar-refractivity contribution is -0.139. The molecule has 1 aliphatic carbocycles. The number of rotatable bonds is 7. The molecule has 0 spiro atoms. The van der Waals surface area contributed by atoms with Gasteiger partial charge in [-0.05, 0) is 56.9 Å². The first-order valence-electron chi connectivity index (χ1n) is 10.1. The summed E-state index contributed by atoms with van der Waals surface area (Å²) in [5, 5.41) is 40.5. The van der Waals surface area contributed by atoms with Gasteiger partial charge in [-0.1, -0.05) is 24.3 Å². The fourth-order valence-corrected chi connectivity index (χ4v) is 3.93.